The van der Waals surface area contributed by atoms with Crippen LogP contribution < -0.4 is 0 Å². The summed E-state index contributed by atoms with van der Waals surface area (Å²) in [5.41, 5.74) is 0.235. The number of aryl methyl sites for hydroxylation is 1. The van der Waals surface area contributed by atoms with Crippen molar-refractivity contribution in [2.75, 3.05) is 18.1 Å². The third kappa shape index (κ3) is 2.55. The Hall–Kier alpha value is -1.37. The molecule has 0 aliphatic carbocycles. The lowest BCUT2D eigenvalue weighted by molar-refractivity contribution is 0.0697. The molecule has 0 N–H and O–H groups in total. The van der Waals surface area contributed by atoms with Crippen LogP contribution in [-0.4, -0.2) is 48.5 Å². The first kappa shape index (κ1) is 13.1. The van der Waals surface area contributed by atoms with Crippen LogP contribution in [-0.2, 0) is 9.84 Å². The highest BCUT2D eigenvalue weighted by molar-refractivity contribution is 7.91. The smallest absolute Gasteiger partial charge is 0.276 e. The second-order valence-corrected chi connectivity index (χ2v) is 6.70. The van der Waals surface area contributed by atoms with Gasteiger partial charge in [0.05, 0.1) is 11.5 Å². The molecule has 1 unspecified atom stereocenters. The van der Waals surface area contributed by atoms with Crippen molar-refractivity contribution >= 4 is 15.7 Å². The molecule has 0 bridgehead atoms. The molecule has 1 saturated heterocycles. The Morgan fingerprint density at radius 1 is 1.61 bits per heavy atom. The van der Waals surface area contributed by atoms with Crippen LogP contribution in [0.2, 0.25) is 0 Å². The first-order chi connectivity index (χ1) is 8.43. The number of carbonyl (C=O) groups is 1. The van der Waals surface area contributed by atoms with Gasteiger partial charge in [0.15, 0.2) is 15.5 Å². The van der Waals surface area contributed by atoms with E-state index in [0.29, 0.717) is 18.7 Å². The van der Waals surface area contributed by atoms with Gasteiger partial charge in [-0.25, -0.2) is 8.42 Å². The summed E-state index contributed by atoms with van der Waals surface area (Å²) in [6, 6.07) is 1.32. The maximum Gasteiger partial charge on any atom is 0.276 e. The van der Waals surface area contributed by atoms with Crippen molar-refractivity contribution in [1.82, 2.24) is 10.1 Å². The third-order valence-corrected chi connectivity index (χ3v) is 4.85. The molecule has 6 nitrogen and oxygen atoms in total. The average Bonchev–Trinajstić information content (AvgIpc) is 2.86. The zero-order valence-corrected chi connectivity index (χ0v) is 11.2. The fourth-order valence-electron chi connectivity index (χ4n) is 2.20. The van der Waals surface area contributed by atoms with Gasteiger partial charge in [-0.1, -0.05) is 5.16 Å². The van der Waals surface area contributed by atoms with Crippen LogP contribution in [0.1, 0.15) is 29.6 Å². The van der Waals surface area contributed by atoms with Crippen molar-refractivity contribution in [3.8, 4) is 0 Å². The van der Waals surface area contributed by atoms with E-state index >= 15 is 0 Å². The van der Waals surface area contributed by atoms with Crippen molar-refractivity contribution in [2.24, 2.45) is 0 Å². The fourth-order valence-corrected chi connectivity index (χ4v) is 3.93. The van der Waals surface area contributed by atoms with Crippen molar-refractivity contribution in [2.45, 2.75) is 26.3 Å². The van der Waals surface area contributed by atoms with Crippen molar-refractivity contribution in [3.63, 3.8) is 0 Å². The normalized spacial score (nSPS) is 22.0. The van der Waals surface area contributed by atoms with Gasteiger partial charge < -0.3 is 9.42 Å². The molecule has 1 atom stereocenters. The Morgan fingerprint density at radius 3 is 2.78 bits per heavy atom. The van der Waals surface area contributed by atoms with Gasteiger partial charge >= 0.3 is 0 Å². The minimum absolute atomic E-state index is 0.0451. The molecule has 0 aromatic carbocycles. The van der Waals surface area contributed by atoms with E-state index in [9.17, 15) is 13.2 Å². The van der Waals surface area contributed by atoms with Gasteiger partial charge in [0, 0.05) is 18.7 Å². The van der Waals surface area contributed by atoms with Gasteiger partial charge in [-0.15, -0.1) is 0 Å². The van der Waals surface area contributed by atoms with Crippen molar-refractivity contribution in [1.29, 1.82) is 0 Å². The molecule has 7 heteroatoms. The predicted octanol–water partition coefficient (Wildman–Crippen LogP) is 0.632. The van der Waals surface area contributed by atoms with E-state index in [0.717, 1.165) is 0 Å². The standard InChI is InChI=1S/C11H16N2O4S/c1-3-13(9-4-5-18(15,16)7-9)11(14)10-6-8(2)17-12-10/h6,9H,3-5,7H2,1-2H3. The molecule has 1 aliphatic rings. The molecule has 0 radical (unpaired) electrons. The first-order valence-electron chi connectivity index (χ1n) is 5.87. The van der Waals surface area contributed by atoms with Crippen LogP contribution in [0.3, 0.4) is 0 Å². The highest BCUT2D eigenvalue weighted by Crippen LogP contribution is 2.19. The lowest BCUT2D eigenvalue weighted by Gasteiger charge is -2.25. The Bertz CT molecular complexity index is 549. The Balaban J connectivity index is 2.17. The van der Waals surface area contributed by atoms with Crippen LogP contribution in [0.25, 0.3) is 0 Å². The molecule has 1 aliphatic heterocycles. The third-order valence-electron chi connectivity index (χ3n) is 3.10. The van der Waals surface area contributed by atoms with E-state index in [1.807, 2.05) is 6.92 Å². The second kappa shape index (κ2) is 4.72. The maximum atomic E-state index is 12.2. The number of carbonyl (C=O) groups excluding carboxylic acids is 1. The highest BCUT2D eigenvalue weighted by Gasteiger charge is 2.34. The Morgan fingerprint density at radius 2 is 2.33 bits per heavy atom. The fraction of sp³-hybridized carbons (Fsp3) is 0.636. The van der Waals surface area contributed by atoms with Gasteiger partial charge in [0.25, 0.3) is 5.91 Å². The lowest BCUT2D eigenvalue weighted by Crippen LogP contribution is -2.41. The molecule has 1 fully saturated rings. The SMILES string of the molecule is CCN(C(=O)c1cc(C)on1)C1CCS(=O)(=O)C1. The average molecular weight is 272 g/mol. The van der Waals surface area contributed by atoms with E-state index < -0.39 is 9.84 Å². The van der Waals surface area contributed by atoms with E-state index in [4.69, 9.17) is 4.52 Å². The summed E-state index contributed by atoms with van der Waals surface area (Å²) in [5, 5.41) is 3.68. The molecule has 100 valence electrons. The van der Waals surface area contributed by atoms with Gasteiger partial charge in [-0.2, -0.15) is 0 Å². The summed E-state index contributed by atoms with van der Waals surface area (Å²) in [4.78, 5) is 13.8. The molecule has 0 saturated carbocycles. The number of aromatic nitrogens is 1. The van der Waals surface area contributed by atoms with Crippen LogP contribution in [0, 0.1) is 6.92 Å². The number of hydrogen-bond donors (Lipinski definition) is 0. The quantitative estimate of drug-likeness (QED) is 0.806. The van der Waals surface area contributed by atoms with E-state index in [1.54, 1.807) is 17.9 Å². The molecular weight excluding hydrogens is 256 g/mol. The second-order valence-electron chi connectivity index (χ2n) is 4.47. The summed E-state index contributed by atoms with van der Waals surface area (Å²) >= 11 is 0. The molecule has 2 heterocycles. The van der Waals surface area contributed by atoms with Gasteiger partial charge in [-0.05, 0) is 20.3 Å². The molecule has 1 aromatic rings. The van der Waals surface area contributed by atoms with Gasteiger partial charge in [0.1, 0.15) is 5.76 Å². The summed E-state index contributed by atoms with van der Waals surface area (Å²) in [5.74, 6) is 0.493. The zero-order chi connectivity index (χ0) is 13.3. The van der Waals surface area contributed by atoms with E-state index in [2.05, 4.69) is 5.16 Å². The minimum Gasteiger partial charge on any atom is -0.361 e. The topological polar surface area (TPSA) is 80.5 Å². The molecule has 18 heavy (non-hydrogen) atoms. The summed E-state index contributed by atoms with van der Waals surface area (Å²) < 4.78 is 27.8. The summed E-state index contributed by atoms with van der Waals surface area (Å²) in [7, 11) is -3.00. The molecule has 1 amide bonds. The van der Waals surface area contributed by atoms with Crippen molar-refractivity contribution in [3.05, 3.63) is 17.5 Å². The Kier molecular flexibility index (Phi) is 3.43. The summed E-state index contributed by atoms with van der Waals surface area (Å²) in [6.07, 6.45) is 0.499. The molecule has 2 rings (SSSR count). The predicted molar refractivity (Wildman–Crippen MR) is 65.0 cm³/mol. The van der Waals surface area contributed by atoms with E-state index in [1.165, 1.54) is 0 Å². The van der Waals surface area contributed by atoms with Crippen molar-refractivity contribution < 1.29 is 17.7 Å². The number of amides is 1. The molecular formula is C11H16N2O4S. The maximum absolute atomic E-state index is 12.2. The largest absolute Gasteiger partial charge is 0.361 e. The van der Waals surface area contributed by atoms with Crippen LogP contribution >= 0.6 is 0 Å². The lowest BCUT2D eigenvalue weighted by atomic mass is 10.2. The van der Waals surface area contributed by atoms with Gasteiger partial charge in [-0.3, -0.25) is 4.79 Å². The van der Waals surface area contributed by atoms with Gasteiger partial charge in [0.2, 0.25) is 0 Å². The van der Waals surface area contributed by atoms with E-state index in [-0.39, 0.29) is 29.1 Å². The summed E-state index contributed by atoms with van der Waals surface area (Å²) in [6.45, 7) is 4.00. The van der Waals surface area contributed by atoms with Crippen LogP contribution in [0.4, 0.5) is 0 Å². The minimum atomic E-state index is -3.00. The number of sulfone groups is 1. The molecule has 1 aromatic heterocycles. The van der Waals surface area contributed by atoms with Crippen LogP contribution in [0.15, 0.2) is 10.6 Å². The number of nitrogens with zero attached hydrogens (tertiary/aromatic N) is 2. The number of rotatable bonds is 3. The Labute approximate surface area is 106 Å². The van der Waals surface area contributed by atoms with Crippen LogP contribution in [0.5, 0.6) is 0 Å². The first-order valence-corrected chi connectivity index (χ1v) is 7.70. The highest BCUT2D eigenvalue weighted by atomic mass is 32.2. The zero-order valence-electron chi connectivity index (χ0n) is 10.4. The molecule has 0 spiro atoms. The number of hydrogen-bond acceptors (Lipinski definition) is 5. The monoisotopic (exact) mass is 272 g/mol.